The van der Waals surface area contributed by atoms with Crippen molar-refractivity contribution in [1.82, 2.24) is 9.88 Å². The van der Waals surface area contributed by atoms with Gasteiger partial charge in [-0.2, -0.15) is 0 Å². The normalized spacial score (nSPS) is 11.7. The summed E-state index contributed by atoms with van der Waals surface area (Å²) in [5.41, 5.74) is 5.90. The van der Waals surface area contributed by atoms with Gasteiger partial charge in [0, 0.05) is 19.8 Å². The fraction of sp³-hybridized carbons (Fsp3) is 0.417. The topological polar surface area (TPSA) is 109 Å². The van der Waals surface area contributed by atoms with Crippen molar-refractivity contribution in [1.29, 1.82) is 0 Å². The number of carboxylic acids is 1. The fourth-order valence-electron chi connectivity index (χ4n) is 1.47. The third-order valence-corrected chi connectivity index (χ3v) is 2.74. The minimum absolute atomic E-state index is 0.00714. The van der Waals surface area contributed by atoms with Crippen LogP contribution in [0.3, 0.4) is 0 Å². The van der Waals surface area contributed by atoms with Crippen LogP contribution < -0.4 is 11.1 Å². The highest BCUT2D eigenvalue weighted by Gasteiger charge is 2.18. The van der Waals surface area contributed by atoms with Gasteiger partial charge in [0.25, 0.3) is 0 Å². The summed E-state index contributed by atoms with van der Waals surface area (Å²) in [7, 11) is 1.70. The van der Waals surface area contributed by atoms with Crippen LogP contribution in [-0.2, 0) is 4.79 Å². The average Bonchev–Trinajstić information content (AvgIpc) is 2.38. The van der Waals surface area contributed by atoms with Gasteiger partial charge in [0.05, 0.1) is 11.3 Å². The maximum Gasteiger partial charge on any atom is 0.337 e. The molecule has 1 rings (SSSR count). The second kappa shape index (κ2) is 6.03. The van der Waals surface area contributed by atoms with Crippen LogP contribution in [0.25, 0.3) is 0 Å². The highest BCUT2D eigenvalue weighted by molar-refractivity contribution is 5.90. The first-order valence-corrected chi connectivity index (χ1v) is 5.87. The second-order valence-corrected chi connectivity index (χ2v) is 4.19. The number of nitrogens with two attached hydrogens (primary N) is 1. The van der Waals surface area contributed by atoms with Crippen molar-refractivity contribution >= 4 is 23.4 Å². The predicted molar refractivity (Wildman–Crippen MR) is 72.0 cm³/mol. The number of anilines is 2. The van der Waals surface area contributed by atoms with Crippen LogP contribution in [0.2, 0.25) is 0 Å². The summed E-state index contributed by atoms with van der Waals surface area (Å²) in [6, 6.07) is 0.814. The second-order valence-electron chi connectivity index (χ2n) is 4.19. The summed E-state index contributed by atoms with van der Waals surface area (Å²) < 4.78 is 0. The Morgan fingerprint density at radius 3 is 2.68 bits per heavy atom. The molecule has 0 bridgehead atoms. The Morgan fingerprint density at radius 2 is 2.21 bits per heavy atom. The Kier molecular flexibility index (Phi) is 4.68. The van der Waals surface area contributed by atoms with E-state index in [2.05, 4.69) is 10.3 Å². The maximum atomic E-state index is 11.9. The molecule has 0 radical (unpaired) electrons. The average molecular weight is 266 g/mol. The van der Waals surface area contributed by atoms with Crippen LogP contribution in [-0.4, -0.2) is 46.5 Å². The summed E-state index contributed by atoms with van der Waals surface area (Å²) >= 11 is 0. The molecule has 0 spiro atoms. The van der Waals surface area contributed by atoms with Gasteiger partial charge in [-0.05, 0) is 19.9 Å². The van der Waals surface area contributed by atoms with Crippen LogP contribution in [0.1, 0.15) is 24.2 Å². The van der Waals surface area contributed by atoms with E-state index in [9.17, 15) is 9.59 Å². The third-order valence-electron chi connectivity index (χ3n) is 2.74. The van der Waals surface area contributed by atoms with Crippen molar-refractivity contribution in [3.63, 3.8) is 0 Å². The number of nitrogens with one attached hydrogen (secondary N) is 1. The van der Waals surface area contributed by atoms with E-state index in [-0.39, 0.29) is 17.2 Å². The molecule has 4 N–H and O–H groups in total. The Bertz CT molecular complexity index is 490. The van der Waals surface area contributed by atoms with Crippen molar-refractivity contribution in [2.45, 2.75) is 19.9 Å². The quantitative estimate of drug-likeness (QED) is 0.721. The molecule has 1 unspecified atom stereocenters. The number of pyridine rings is 1. The minimum Gasteiger partial charge on any atom is -0.478 e. The lowest BCUT2D eigenvalue weighted by Gasteiger charge is -2.21. The molecule has 0 aliphatic heterocycles. The molecule has 7 heteroatoms. The molecule has 0 fully saturated rings. The Labute approximate surface area is 111 Å². The monoisotopic (exact) mass is 266 g/mol. The molecule has 1 aromatic rings. The van der Waals surface area contributed by atoms with Crippen molar-refractivity contribution in [2.75, 3.05) is 24.6 Å². The highest BCUT2D eigenvalue weighted by atomic mass is 16.4. The van der Waals surface area contributed by atoms with E-state index in [1.54, 1.807) is 18.9 Å². The summed E-state index contributed by atoms with van der Waals surface area (Å²) in [5, 5.41) is 11.7. The van der Waals surface area contributed by atoms with Crippen LogP contribution in [0, 0.1) is 0 Å². The van der Waals surface area contributed by atoms with E-state index in [0.29, 0.717) is 12.4 Å². The lowest BCUT2D eigenvalue weighted by molar-refractivity contribution is -0.130. The smallest absolute Gasteiger partial charge is 0.337 e. The minimum atomic E-state index is -1.10. The number of amides is 1. The van der Waals surface area contributed by atoms with Crippen LogP contribution in [0.4, 0.5) is 11.5 Å². The molecule has 0 saturated carbocycles. The molecule has 104 valence electrons. The maximum absolute atomic E-state index is 11.9. The van der Waals surface area contributed by atoms with E-state index in [1.807, 2.05) is 6.92 Å². The molecule has 0 aliphatic rings. The molecular weight excluding hydrogens is 248 g/mol. The standard InChI is InChI=1S/C12H18N4O3/c1-4-16(3)11(17)7(2)15-10-9(13)5-8(6-14-10)12(18)19/h5-7H,4,13H2,1-3H3,(H,14,15)(H,18,19). The zero-order chi connectivity index (χ0) is 14.6. The van der Waals surface area contributed by atoms with Crippen LogP contribution >= 0.6 is 0 Å². The summed E-state index contributed by atoms with van der Waals surface area (Å²) in [6.45, 7) is 4.17. The Morgan fingerprint density at radius 1 is 1.58 bits per heavy atom. The van der Waals surface area contributed by atoms with Crippen molar-refractivity contribution in [3.8, 4) is 0 Å². The number of hydrogen-bond donors (Lipinski definition) is 3. The first kappa shape index (κ1) is 14.7. The van der Waals surface area contributed by atoms with Gasteiger partial charge in [0.2, 0.25) is 5.91 Å². The molecule has 7 nitrogen and oxygen atoms in total. The van der Waals surface area contributed by atoms with E-state index in [1.165, 1.54) is 12.3 Å². The Balaban J connectivity index is 2.83. The highest BCUT2D eigenvalue weighted by Crippen LogP contribution is 2.17. The van der Waals surface area contributed by atoms with Crippen molar-refractivity contribution < 1.29 is 14.7 Å². The number of rotatable bonds is 5. The zero-order valence-electron chi connectivity index (χ0n) is 11.2. The van der Waals surface area contributed by atoms with E-state index in [4.69, 9.17) is 10.8 Å². The van der Waals surface area contributed by atoms with E-state index in [0.717, 1.165) is 0 Å². The first-order valence-electron chi connectivity index (χ1n) is 5.87. The van der Waals surface area contributed by atoms with Crippen molar-refractivity contribution in [3.05, 3.63) is 17.8 Å². The molecule has 19 heavy (non-hydrogen) atoms. The van der Waals surface area contributed by atoms with E-state index >= 15 is 0 Å². The van der Waals surface area contributed by atoms with Gasteiger partial charge in [0.15, 0.2) is 0 Å². The van der Waals surface area contributed by atoms with Gasteiger partial charge in [-0.15, -0.1) is 0 Å². The number of carbonyl (C=O) groups excluding carboxylic acids is 1. The number of aromatic carboxylic acids is 1. The number of carboxylic acid groups (broad SMARTS) is 1. The van der Waals surface area contributed by atoms with E-state index < -0.39 is 12.0 Å². The predicted octanol–water partition coefficient (Wildman–Crippen LogP) is 0.641. The molecule has 0 saturated heterocycles. The first-order chi connectivity index (χ1) is 8.86. The van der Waals surface area contributed by atoms with Crippen LogP contribution in [0.5, 0.6) is 0 Å². The largest absolute Gasteiger partial charge is 0.478 e. The number of hydrogen-bond acceptors (Lipinski definition) is 5. The lowest BCUT2D eigenvalue weighted by atomic mass is 10.2. The van der Waals surface area contributed by atoms with Gasteiger partial charge in [-0.3, -0.25) is 4.79 Å². The summed E-state index contributed by atoms with van der Waals surface area (Å²) in [6.07, 6.45) is 1.20. The van der Waals surface area contributed by atoms with Gasteiger partial charge in [0.1, 0.15) is 11.9 Å². The molecule has 1 amide bonds. The lowest BCUT2D eigenvalue weighted by Crippen LogP contribution is -2.39. The zero-order valence-corrected chi connectivity index (χ0v) is 11.2. The molecule has 0 aromatic carbocycles. The number of nitrogen functional groups attached to an aromatic ring is 1. The SMILES string of the molecule is CCN(C)C(=O)C(C)Nc1ncc(C(=O)O)cc1N. The van der Waals surface area contributed by atoms with Crippen molar-refractivity contribution in [2.24, 2.45) is 0 Å². The Hall–Kier alpha value is -2.31. The third kappa shape index (κ3) is 3.57. The number of likely N-dealkylation sites (N-methyl/N-ethyl adjacent to an activating group) is 1. The van der Waals surface area contributed by atoms with Crippen LogP contribution in [0.15, 0.2) is 12.3 Å². The van der Waals surface area contributed by atoms with Gasteiger partial charge >= 0.3 is 5.97 Å². The molecule has 0 aliphatic carbocycles. The fourth-order valence-corrected chi connectivity index (χ4v) is 1.47. The number of carbonyl (C=O) groups is 2. The molecule has 1 heterocycles. The molecule has 1 atom stereocenters. The number of aromatic nitrogens is 1. The van der Waals surface area contributed by atoms with Gasteiger partial charge in [-0.1, -0.05) is 0 Å². The molecule has 1 aromatic heterocycles. The number of nitrogens with zero attached hydrogens (tertiary/aromatic N) is 2. The summed E-state index contributed by atoms with van der Waals surface area (Å²) in [5.74, 6) is -0.887. The van der Waals surface area contributed by atoms with Gasteiger partial charge < -0.3 is 21.1 Å². The summed E-state index contributed by atoms with van der Waals surface area (Å²) in [4.78, 5) is 28.1. The van der Waals surface area contributed by atoms with Gasteiger partial charge in [-0.25, -0.2) is 9.78 Å². The molecular formula is C12H18N4O3.